The second-order valence-corrected chi connectivity index (χ2v) is 1.47. The molecule has 0 aliphatic rings. The smallest absolute Gasteiger partial charge is 0.281 e. The van der Waals surface area contributed by atoms with Gasteiger partial charge in [0.05, 0.1) is 0 Å². The second-order valence-electron chi connectivity index (χ2n) is 1.47. The van der Waals surface area contributed by atoms with Gasteiger partial charge in [0.1, 0.15) is 0 Å². The summed E-state index contributed by atoms with van der Waals surface area (Å²) in [6, 6.07) is 3.04. The van der Waals surface area contributed by atoms with Gasteiger partial charge in [-0.2, -0.15) is 0 Å². The monoisotopic (exact) mass is 328 g/mol. The number of hydrogen-bond acceptors (Lipinski definition) is 0. The molecule has 1 aromatic rings. The van der Waals surface area contributed by atoms with E-state index in [-0.39, 0.29) is 22.4 Å². The first-order valence-electron chi connectivity index (χ1n) is 2.23. The summed E-state index contributed by atoms with van der Waals surface area (Å²) in [5.41, 5.74) is 0. The number of rotatable bonds is 0. The molecule has 0 saturated heterocycles. The second kappa shape index (κ2) is 3.81. The molecule has 0 unspecified atom stereocenters. The first-order valence-corrected chi connectivity index (χ1v) is 2.23. The normalized spacial score (nSPS) is 8.70. The third kappa shape index (κ3) is 2.17. The van der Waals surface area contributed by atoms with E-state index in [2.05, 4.69) is 0 Å². The fraction of sp³-hybridized carbons (Fsp3) is 0. The van der Waals surface area contributed by atoms with Gasteiger partial charge in [0.25, 0.3) is 0 Å². The first kappa shape index (κ1) is 9.75. The SMILES string of the molecule is Fc1[c-]c(F)c(F)cc1.[Au+]. The fourth-order valence-electron chi connectivity index (χ4n) is 0.426. The van der Waals surface area contributed by atoms with Crippen LogP contribution in [-0.2, 0) is 22.4 Å². The summed E-state index contributed by atoms with van der Waals surface area (Å²) in [6.07, 6.45) is 0. The largest absolute Gasteiger partial charge is 1.00 e. The Labute approximate surface area is 71.6 Å². The third-order valence-corrected chi connectivity index (χ3v) is 0.815. The van der Waals surface area contributed by atoms with Gasteiger partial charge in [-0.05, 0) is 0 Å². The zero-order chi connectivity index (χ0) is 6.85. The average molecular weight is 328 g/mol. The molecular formula is C6H2AuF3. The Morgan fingerprint density at radius 1 is 1.10 bits per heavy atom. The summed E-state index contributed by atoms with van der Waals surface area (Å²) in [5, 5.41) is 0. The summed E-state index contributed by atoms with van der Waals surface area (Å²) in [5.74, 6) is -3.26. The van der Waals surface area contributed by atoms with E-state index in [0.717, 1.165) is 6.07 Å². The molecule has 0 N–H and O–H groups in total. The fourth-order valence-corrected chi connectivity index (χ4v) is 0.426. The molecule has 1 rings (SSSR count). The zero-order valence-corrected chi connectivity index (χ0v) is 6.76. The molecule has 0 bridgehead atoms. The van der Waals surface area contributed by atoms with Gasteiger partial charge in [0.2, 0.25) is 0 Å². The van der Waals surface area contributed by atoms with Gasteiger partial charge in [-0.3, -0.25) is 4.39 Å². The summed E-state index contributed by atoms with van der Waals surface area (Å²) < 4.78 is 35.7. The minimum Gasteiger partial charge on any atom is -0.281 e. The van der Waals surface area contributed by atoms with E-state index in [0.29, 0.717) is 6.07 Å². The van der Waals surface area contributed by atoms with Crippen LogP contribution in [0.1, 0.15) is 0 Å². The molecule has 0 atom stereocenters. The summed E-state index contributed by atoms with van der Waals surface area (Å²) >= 11 is 0. The van der Waals surface area contributed by atoms with Crippen LogP contribution in [0.25, 0.3) is 0 Å². The van der Waals surface area contributed by atoms with Crippen molar-refractivity contribution in [3.8, 4) is 0 Å². The molecule has 0 heterocycles. The molecule has 0 aliphatic heterocycles. The maximum atomic E-state index is 11.9. The summed E-state index contributed by atoms with van der Waals surface area (Å²) in [4.78, 5) is 0. The van der Waals surface area contributed by atoms with Gasteiger partial charge in [0.15, 0.2) is 0 Å². The Balaban J connectivity index is 0.000000810. The van der Waals surface area contributed by atoms with Crippen LogP contribution in [0.2, 0.25) is 0 Å². The molecule has 0 saturated carbocycles. The molecule has 0 aliphatic carbocycles. The third-order valence-electron chi connectivity index (χ3n) is 0.815. The molecule has 0 spiro atoms. The molecule has 0 radical (unpaired) electrons. The van der Waals surface area contributed by atoms with Crippen LogP contribution in [0, 0.1) is 23.5 Å². The maximum Gasteiger partial charge on any atom is 1.00 e. The Morgan fingerprint density at radius 3 is 2.10 bits per heavy atom. The Kier molecular flexibility index (Phi) is 3.71. The van der Waals surface area contributed by atoms with Crippen LogP contribution in [0.15, 0.2) is 12.1 Å². The van der Waals surface area contributed by atoms with E-state index in [1.165, 1.54) is 6.07 Å². The summed E-state index contributed by atoms with van der Waals surface area (Å²) in [6.45, 7) is 0. The average Bonchev–Trinajstić information content (AvgIpc) is 1.80. The molecule has 0 amide bonds. The van der Waals surface area contributed by atoms with E-state index < -0.39 is 17.5 Å². The van der Waals surface area contributed by atoms with Crippen molar-refractivity contribution < 1.29 is 35.6 Å². The van der Waals surface area contributed by atoms with E-state index in [9.17, 15) is 13.2 Å². The predicted octanol–water partition coefficient (Wildman–Crippen LogP) is 1.90. The van der Waals surface area contributed by atoms with Crippen molar-refractivity contribution in [3.63, 3.8) is 0 Å². The van der Waals surface area contributed by atoms with Crippen LogP contribution in [0.5, 0.6) is 0 Å². The van der Waals surface area contributed by atoms with Crippen molar-refractivity contribution in [2.75, 3.05) is 0 Å². The Morgan fingerprint density at radius 2 is 1.70 bits per heavy atom. The number of hydrogen-bond donors (Lipinski definition) is 0. The van der Waals surface area contributed by atoms with Crippen molar-refractivity contribution in [1.82, 2.24) is 0 Å². The van der Waals surface area contributed by atoms with Gasteiger partial charge >= 0.3 is 22.4 Å². The van der Waals surface area contributed by atoms with E-state index >= 15 is 0 Å². The van der Waals surface area contributed by atoms with E-state index in [1.54, 1.807) is 0 Å². The number of halogens is 3. The van der Waals surface area contributed by atoms with Gasteiger partial charge < -0.3 is 0 Å². The van der Waals surface area contributed by atoms with Crippen LogP contribution >= 0.6 is 0 Å². The molecule has 10 heavy (non-hydrogen) atoms. The number of benzene rings is 1. The minimum absolute atomic E-state index is 0. The Bertz CT molecular complexity index is 224. The van der Waals surface area contributed by atoms with Crippen LogP contribution in [-0.4, -0.2) is 0 Å². The van der Waals surface area contributed by atoms with Crippen molar-refractivity contribution in [3.05, 3.63) is 35.7 Å². The molecule has 0 aromatic heterocycles. The summed E-state index contributed by atoms with van der Waals surface area (Å²) in [7, 11) is 0. The van der Waals surface area contributed by atoms with Crippen molar-refractivity contribution >= 4 is 0 Å². The standard InChI is InChI=1S/C6H2F3.Au/c7-4-1-2-5(8)6(9)3-4;/h1-2H;/q-1;+1. The van der Waals surface area contributed by atoms with E-state index in [4.69, 9.17) is 0 Å². The van der Waals surface area contributed by atoms with Crippen LogP contribution < -0.4 is 0 Å². The van der Waals surface area contributed by atoms with E-state index in [1.807, 2.05) is 0 Å². The van der Waals surface area contributed by atoms with Crippen LogP contribution in [0.3, 0.4) is 0 Å². The zero-order valence-electron chi connectivity index (χ0n) is 4.59. The Hall–Kier alpha value is -0.250. The first-order chi connectivity index (χ1) is 4.20. The van der Waals surface area contributed by atoms with Crippen LogP contribution in [0.4, 0.5) is 13.2 Å². The topological polar surface area (TPSA) is 0 Å². The minimum atomic E-state index is -1.28. The predicted molar refractivity (Wildman–Crippen MR) is 25.2 cm³/mol. The molecule has 0 fully saturated rings. The van der Waals surface area contributed by atoms with Gasteiger partial charge in [0, 0.05) is 17.5 Å². The molecule has 1 aromatic carbocycles. The molecule has 4 heteroatoms. The molecule has 58 valence electrons. The molecular weight excluding hydrogens is 326 g/mol. The van der Waals surface area contributed by atoms with Crippen molar-refractivity contribution in [1.29, 1.82) is 0 Å². The van der Waals surface area contributed by atoms with Crippen molar-refractivity contribution in [2.45, 2.75) is 0 Å². The quantitative estimate of drug-likeness (QED) is 0.388. The van der Waals surface area contributed by atoms with Gasteiger partial charge in [-0.15, -0.1) is 18.2 Å². The van der Waals surface area contributed by atoms with Gasteiger partial charge in [-0.1, -0.05) is 0 Å². The maximum absolute atomic E-state index is 11.9. The van der Waals surface area contributed by atoms with Gasteiger partial charge in [-0.25, -0.2) is 8.78 Å². The molecule has 0 nitrogen and oxygen atoms in total. The van der Waals surface area contributed by atoms with Crippen molar-refractivity contribution in [2.24, 2.45) is 0 Å².